The van der Waals surface area contributed by atoms with E-state index in [1.165, 1.54) is 38.5 Å². The number of rotatable bonds is 3. The number of likely N-dealkylation sites (tertiary alicyclic amines) is 1. The number of aliphatic imine (C=N–C) groups is 1. The average Bonchev–Trinajstić information content (AvgIpc) is 3.00. The van der Waals surface area contributed by atoms with Crippen molar-refractivity contribution < 1.29 is 4.92 Å². The molecule has 0 amide bonds. The first-order valence-electron chi connectivity index (χ1n) is 8.81. The number of benzene rings is 1. The first-order chi connectivity index (χ1) is 11.6. The normalized spacial score (nSPS) is 19.6. The van der Waals surface area contributed by atoms with Gasteiger partial charge in [-0.3, -0.25) is 15.1 Å². The fourth-order valence-corrected chi connectivity index (χ4v) is 4.07. The maximum absolute atomic E-state index is 10.7. The second kappa shape index (κ2) is 8.82. The summed E-state index contributed by atoms with van der Waals surface area (Å²) in [7, 11) is 1.82. The van der Waals surface area contributed by atoms with Crippen molar-refractivity contribution in [2.24, 2.45) is 10.4 Å². The van der Waals surface area contributed by atoms with E-state index in [4.69, 9.17) is 0 Å². The van der Waals surface area contributed by atoms with Crippen LogP contribution in [0.2, 0.25) is 0 Å². The Morgan fingerprint density at radius 1 is 1.24 bits per heavy atom. The summed E-state index contributed by atoms with van der Waals surface area (Å²) in [5.41, 5.74) is 1.65. The summed E-state index contributed by atoms with van der Waals surface area (Å²) in [6.07, 6.45) is 8.08. The van der Waals surface area contributed by atoms with E-state index in [9.17, 15) is 10.1 Å². The molecular formula is C18H27IN4O2. The molecule has 0 radical (unpaired) electrons. The van der Waals surface area contributed by atoms with Crippen molar-refractivity contribution in [2.45, 2.75) is 45.1 Å². The van der Waals surface area contributed by atoms with Gasteiger partial charge in [-0.2, -0.15) is 0 Å². The fourth-order valence-electron chi connectivity index (χ4n) is 4.07. The van der Waals surface area contributed by atoms with Crippen LogP contribution in [0, 0.1) is 15.5 Å². The molecule has 1 spiro atoms. The highest BCUT2D eigenvalue weighted by molar-refractivity contribution is 14.0. The SMILES string of the molecule is CN=C(NCc1ccc([N+](=O)[O-])cc1)N1CCC2(CCCCC2)C1.I. The Hall–Kier alpha value is -1.38. The number of nitrogens with one attached hydrogen (secondary N) is 1. The maximum atomic E-state index is 10.7. The summed E-state index contributed by atoms with van der Waals surface area (Å²) in [4.78, 5) is 17.1. The zero-order valence-electron chi connectivity index (χ0n) is 14.7. The first kappa shape index (κ1) is 19.9. The number of nitro groups is 1. The third-order valence-electron chi connectivity index (χ3n) is 5.46. The van der Waals surface area contributed by atoms with E-state index in [0.717, 1.165) is 24.6 Å². The van der Waals surface area contributed by atoms with Gasteiger partial charge in [-0.05, 0) is 30.2 Å². The number of hydrogen-bond acceptors (Lipinski definition) is 3. The molecule has 3 rings (SSSR count). The van der Waals surface area contributed by atoms with Crippen LogP contribution in [-0.2, 0) is 6.54 Å². The van der Waals surface area contributed by atoms with E-state index in [-0.39, 0.29) is 34.6 Å². The number of nitro benzene ring substituents is 1. The molecule has 0 bridgehead atoms. The van der Waals surface area contributed by atoms with Crippen LogP contribution in [0.1, 0.15) is 44.1 Å². The smallest absolute Gasteiger partial charge is 0.269 e. The minimum Gasteiger partial charge on any atom is -0.352 e. The Bertz CT molecular complexity index is 612. The van der Waals surface area contributed by atoms with Crippen LogP contribution in [0.3, 0.4) is 0 Å². The molecule has 1 aliphatic heterocycles. The molecule has 1 saturated carbocycles. The van der Waals surface area contributed by atoms with Gasteiger partial charge in [0.05, 0.1) is 4.92 Å². The van der Waals surface area contributed by atoms with Crippen LogP contribution in [0.15, 0.2) is 29.3 Å². The van der Waals surface area contributed by atoms with Gasteiger partial charge >= 0.3 is 0 Å². The van der Waals surface area contributed by atoms with Crippen molar-refractivity contribution in [3.63, 3.8) is 0 Å². The molecule has 1 aliphatic carbocycles. The van der Waals surface area contributed by atoms with E-state index in [1.807, 2.05) is 7.05 Å². The molecular weight excluding hydrogens is 431 g/mol. The Balaban J connectivity index is 0.00000225. The van der Waals surface area contributed by atoms with E-state index in [0.29, 0.717) is 12.0 Å². The lowest BCUT2D eigenvalue weighted by atomic mass is 9.73. The first-order valence-corrected chi connectivity index (χ1v) is 8.81. The van der Waals surface area contributed by atoms with Crippen LogP contribution in [-0.4, -0.2) is 35.9 Å². The van der Waals surface area contributed by atoms with Crippen LogP contribution in [0.5, 0.6) is 0 Å². The summed E-state index contributed by atoms with van der Waals surface area (Å²) in [6.45, 7) is 2.81. The van der Waals surface area contributed by atoms with Gasteiger partial charge in [0.2, 0.25) is 0 Å². The molecule has 1 heterocycles. The lowest BCUT2D eigenvalue weighted by Crippen LogP contribution is -2.41. The summed E-state index contributed by atoms with van der Waals surface area (Å²) >= 11 is 0. The second-order valence-corrected chi connectivity index (χ2v) is 7.06. The van der Waals surface area contributed by atoms with E-state index >= 15 is 0 Å². The van der Waals surface area contributed by atoms with Crippen LogP contribution in [0.25, 0.3) is 0 Å². The highest BCUT2D eigenvalue weighted by Crippen LogP contribution is 2.43. The van der Waals surface area contributed by atoms with Gasteiger partial charge < -0.3 is 10.2 Å². The number of hydrogen-bond donors (Lipinski definition) is 1. The van der Waals surface area contributed by atoms with Crippen LogP contribution in [0.4, 0.5) is 5.69 Å². The summed E-state index contributed by atoms with van der Waals surface area (Å²) < 4.78 is 0. The zero-order valence-corrected chi connectivity index (χ0v) is 17.1. The summed E-state index contributed by atoms with van der Waals surface area (Å²) in [5, 5.41) is 14.1. The quantitative estimate of drug-likeness (QED) is 0.245. The highest BCUT2D eigenvalue weighted by atomic mass is 127. The maximum Gasteiger partial charge on any atom is 0.269 e. The lowest BCUT2D eigenvalue weighted by molar-refractivity contribution is -0.384. The molecule has 0 aromatic heterocycles. The van der Waals surface area contributed by atoms with Gasteiger partial charge in [-0.25, -0.2) is 0 Å². The Kier molecular flexibility index (Phi) is 7.04. The van der Waals surface area contributed by atoms with E-state index < -0.39 is 0 Å². The number of guanidine groups is 1. The second-order valence-electron chi connectivity index (χ2n) is 7.06. The van der Waals surface area contributed by atoms with Gasteiger partial charge in [-0.1, -0.05) is 31.4 Å². The van der Waals surface area contributed by atoms with Gasteiger partial charge in [-0.15, -0.1) is 24.0 Å². The van der Waals surface area contributed by atoms with Crippen LogP contribution >= 0.6 is 24.0 Å². The zero-order chi connectivity index (χ0) is 17.0. The molecule has 1 N–H and O–H groups in total. The third-order valence-corrected chi connectivity index (χ3v) is 5.46. The number of nitrogens with zero attached hydrogens (tertiary/aromatic N) is 3. The van der Waals surface area contributed by atoms with Gasteiger partial charge in [0.25, 0.3) is 5.69 Å². The monoisotopic (exact) mass is 458 g/mol. The molecule has 2 aliphatic rings. The van der Waals surface area contributed by atoms with Crippen molar-refractivity contribution >= 4 is 35.6 Å². The Morgan fingerprint density at radius 3 is 2.52 bits per heavy atom. The molecule has 6 nitrogen and oxygen atoms in total. The summed E-state index contributed by atoms with van der Waals surface area (Å²) in [6, 6.07) is 6.69. The van der Waals surface area contributed by atoms with E-state index in [2.05, 4.69) is 15.2 Å². The molecule has 25 heavy (non-hydrogen) atoms. The molecule has 138 valence electrons. The molecule has 1 aromatic carbocycles. The topological polar surface area (TPSA) is 70.8 Å². The van der Waals surface area contributed by atoms with Gasteiger partial charge in [0.1, 0.15) is 0 Å². The van der Waals surface area contributed by atoms with Crippen LogP contribution < -0.4 is 5.32 Å². The molecule has 1 saturated heterocycles. The van der Waals surface area contributed by atoms with Crippen molar-refractivity contribution in [1.82, 2.24) is 10.2 Å². The molecule has 1 aromatic rings. The van der Waals surface area contributed by atoms with Gasteiger partial charge in [0, 0.05) is 38.8 Å². The predicted octanol–water partition coefficient (Wildman–Crippen LogP) is 3.94. The molecule has 0 atom stereocenters. The molecule has 7 heteroatoms. The predicted molar refractivity (Wildman–Crippen MR) is 110 cm³/mol. The lowest BCUT2D eigenvalue weighted by Gasteiger charge is -2.33. The number of halogens is 1. The highest BCUT2D eigenvalue weighted by Gasteiger charge is 2.39. The average molecular weight is 458 g/mol. The Morgan fingerprint density at radius 2 is 1.92 bits per heavy atom. The minimum atomic E-state index is -0.371. The van der Waals surface area contributed by atoms with E-state index in [1.54, 1.807) is 24.3 Å². The largest absolute Gasteiger partial charge is 0.352 e. The van der Waals surface area contributed by atoms with Crippen molar-refractivity contribution in [3.05, 3.63) is 39.9 Å². The summed E-state index contributed by atoms with van der Waals surface area (Å²) in [5.74, 6) is 0.941. The van der Waals surface area contributed by atoms with Gasteiger partial charge in [0.15, 0.2) is 5.96 Å². The third kappa shape index (κ3) is 4.83. The van der Waals surface area contributed by atoms with Crippen molar-refractivity contribution in [1.29, 1.82) is 0 Å². The van der Waals surface area contributed by atoms with Crippen molar-refractivity contribution in [3.8, 4) is 0 Å². The molecule has 0 unspecified atom stereocenters. The Labute approximate surface area is 166 Å². The van der Waals surface area contributed by atoms with Crippen molar-refractivity contribution in [2.75, 3.05) is 20.1 Å². The fraction of sp³-hybridized carbons (Fsp3) is 0.611. The number of non-ortho nitro benzene ring substituents is 1. The standard InChI is InChI=1S/C18H26N4O2.HI/c1-19-17(20-13-15-5-7-16(8-6-15)22(23)24)21-12-11-18(14-21)9-3-2-4-10-18;/h5-8H,2-4,9-14H2,1H3,(H,19,20);1H. The minimum absolute atomic E-state index is 0. The molecule has 2 fully saturated rings.